The molecule has 0 aromatic rings. The van der Waals surface area contributed by atoms with Gasteiger partial charge < -0.3 is 0 Å². The zero-order chi connectivity index (χ0) is 17.6. The predicted octanol–water partition coefficient (Wildman–Crippen LogP) is 7.84. The Hall–Kier alpha value is 1.57. The zero-order valence-corrected chi connectivity index (χ0v) is 20.5. The van der Waals surface area contributed by atoms with Crippen LogP contribution in [0.5, 0.6) is 0 Å². The number of hydrogen-bond donors (Lipinski definition) is 0. The first-order valence-corrected chi connectivity index (χ1v) is 15.9. The normalized spacial score (nSPS) is 24.1. The molecule has 1 fully saturated rings. The summed E-state index contributed by atoms with van der Waals surface area (Å²) in [6.07, 6.45) is 16.2. The molecule has 0 amide bonds. The average Bonchev–Trinajstić information content (AvgIpc) is 2.56. The van der Waals surface area contributed by atoms with E-state index < -0.39 is 0 Å². The van der Waals surface area contributed by atoms with Crippen molar-refractivity contribution in [1.82, 2.24) is 0 Å². The molecule has 3 heteroatoms. The van der Waals surface area contributed by atoms with Crippen LogP contribution in [-0.2, 0) is 19.2 Å². The van der Waals surface area contributed by atoms with Crippen LogP contribution in [0.25, 0.3) is 0 Å². The van der Waals surface area contributed by atoms with Crippen LogP contribution >= 0.6 is 17.2 Å². The molecule has 0 aromatic carbocycles. The second-order valence-corrected chi connectivity index (χ2v) is 12.4. The molecule has 1 rings (SSSR count). The van der Waals surface area contributed by atoms with Gasteiger partial charge in [-0.05, 0) is 61.2 Å². The van der Waals surface area contributed by atoms with Crippen LogP contribution in [0.1, 0.15) is 85.5 Å². The van der Waals surface area contributed by atoms with Gasteiger partial charge in [0.2, 0.25) is 0 Å². The van der Waals surface area contributed by atoms with Crippen molar-refractivity contribution in [3.8, 4) is 0 Å². The second kappa shape index (κ2) is 15.8. The van der Waals surface area contributed by atoms with Crippen LogP contribution in [-0.4, -0.2) is 23.6 Å². The molecule has 0 aliphatic heterocycles. The molecule has 0 nitrogen and oxygen atoms in total. The Morgan fingerprint density at radius 2 is 1.22 bits per heavy atom. The number of hydrogen-bond acceptors (Lipinski definition) is 0. The van der Waals surface area contributed by atoms with E-state index in [9.17, 15) is 0 Å². The summed E-state index contributed by atoms with van der Waals surface area (Å²) in [6.45, 7) is 9.58. The Bertz CT molecular complexity index is 234. The molecule has 4 unspecified atom stereocenters. The van der Waals surface area contributed by atoms with Crippen LogP contribution in [0.4, 0.5) is 0 Å². The molecule has 0 radical (unpaired) electrons. The van der Waals surface area contributed by atoms with Gasteiger partial charge in [0.1, 0.15) is 0 Å². The topological polar surface area (TPSA) is 0 Å². The first kappa shape index (κ1) is 24.6. The van der Waals surface area contributed by atoms with E-state index in [1.165, 1.54) is 68.0 Å². The minimum absolute atomic E-state index is 0.500. The van der Waals surface area contributed by atoms with E-state index in [0.717, 1.165) is 11.3 Å². The monoisotopic (exact) mass is 394 g/mol. The maximum atomic E-state index is 2.45. The van der Waals surface area contributed by atoms with Gasteiger partial charge in [0.15, 0.2) is 0 Å². The summed E-state index contributed by atoms with van der Waals surface area (Å²) in [6, 6.07) is 0. The predicted molar refractivity (Wildman–Crippen MR) is 112 cm³/mol. The third-order valence-electron chi connectivity index (χ3n) is 5.35. The van der Waals surface area contributed by atoms with Gasteiger partial charge in [-0.2, -0.15) is 0 Å². The van der Waals surface area contributed by atoms with Crippen molar-refractivity contribution in [2.75, 3.05) is 12.3 Å². The number of rotatable bonds is 10. The molecule has 1 aliphatic rings. The van der Waals surface area contributed by atoms with Crippen LogP contribution in [0.2, 0.25) is 10.5 Å². The molecule has 4 atom stereocenters. The van der Waals surface area contributed by atoms with E-state index in [1.807, 2.05) is 0 Å². The average molecular weight is 394 g/mol. The fourth-order valence-corrected chi connectivity index (χ4v) is 7.97. The fraction of sp³-hybridized carbons (Fsp3) is 1.00. The van der Waals surface area contributed by atoms with E-state index in [2.05, 4.69) is 38.2 Å². The van der Waals surface area contributed by atoms with Gasteiger partial charge >= 0.3 is 29.6 Å². The van der Waals surface area contributed by atoms with Gasteiger partial charge in [-0.3, -0.25) is 0 Å². The third-order valence-corrected chi connectivity index (χ3v) is 8.67. The summed E-state index contributed by atoms with van der Waals surface area (Å²) >= 11 is 0.500. The van der Waals surface area contributed by atoms with E-state index in [4.69, 9.17) is 0 Å². The van der Waals surface area contributed by atoms with Crippen molar-refractivity contribution < 1.29 is 19.2 Å². The molecule has 23 heavy (non-hydrogen) atoms. The van der Waals surface area contributed by atoms with Gasteiger partial charge in [0.25, 0.3) is 0 Å². The molecule has 0 bridgehead atoms. The van der Waals surface area contributed by atoms with Crippen molar-refractivity contribution in [1.29, 1.82) is 0 Å². The molecule has 1 aliphatic carbocycles. The minimum atomic E-state index is 0.500. The molecule has 0 spiro atoms. The zero-order valence-electron chi connectivity index (χ0n) is 16.9. The third kappa shape index (κ3) is 11.0. The van der Waals surface area contributed by atoms with Crippen molar-refractivity contribution >= 4 is 17.2 Å². The Morgan fingerprint density at radius 1 is 0.826 bits per heavy atom. The molecular formula is C20H44P2Ti. The summed E-state index contributed by atoms with van der Waals surface area (Å²) in [7, 11) is 2.51. The molecule has 0 aromatic heterocycles. The molecule has 1 saturated carbocycles. The van der Waals surface area contributed by atoms with Crippen LogP contribution in [0.3, 0.4) is 0 Å². The summed E-state index contributed by atoms with van der Waals surface area (Å²) < 4.78 is 0. The van der Waals surface area contributed by atoms with Crippen molar-refractivity contribution in [3.05, 3.63) is 0 Å². The maximum absolute atomic E-state index is 2.45. The van der Waals surface area contributed by atoms with Crippen molar-refractivity contribution in [2.24, 2.45) is 5.41 Å². The summed E-state index contributed by atoms with van der Waals surface area (Å²) in [5.41, 5.74) is 2.87. The van der Waals surface area contributed by atoms with Crippen LogP contribution < -0.4 is 0 Å². The van der Waals surface area contributed by atoms with E-state index in [-0.39, 0.29) is 0 Å². The van der Waals surface area contributed by atoms with Crippen LogP contribution in [0.15, 0.2) is 0 Å². The molecule has 0 heterocycles. The number of unbranched alkanes of at least 4 members (excludes halogenated alkanes) is 2. The van der Waals surface area contributed by atoms with Gasteiger partial charge in [-0.25, -0.2) is 0 Å². The van der Waals surface area contributed by atoms with E-state index in [1.54, 1.807) is 19.3 Å². The molecular weight excluding hydrogens is 350 g/mol. The Labute approximate surface area is 161 Å². The van der Waals surface area contributed by atoms with Crippen molar-refractivity contribution in [2.45, 2.75) is 107 Å². The SMILES string of the molecule is CCCCPC1CC(PCCCC)CC(CC)(CC)C1.[CH3][Ti][CH3]. The second-order valence-electron chi connectivity index (χ2n) is 7.36. The van der Waals surface area contributed by atoms with Gasteiger partial charge in [0.05, 0.1) is 0 Å². The van der Waals surface area contributed by atoms with Gasteiger partial charge in [-0.15, -0.1) is 17.2 Å². The first-order valence-electron chi connectivity index (χ1n) is 10.2. The standard InChI is InChI=1S/C18H38P2.2CH3.Ti/c1-5-9-11-19-16-13-17(20-12-10-6-2)15-18(7-3,8-4)14-16;;;/h16-17,19-20H,5-15H2,1-4H3;2*1H3;. The van der Waals surface area contributed by atoms with Gasteiger partial charge in [-0.1, -0.05) is 53.4 Å². The fourth-order valence-electron chi connectivity index (χ4n) is 3.74. The quantitative estimate of drug-likeness (QED) is 0.201. The van der Waals surface area contributed by atoms with Crippen molar-refractivity contribution in [3.63, 3.8) is 0 Å². The first-order chi connectivity index (χ1) is 11.1. The molecule has 0 N–H and O–H groups in total. The van der Waals surface area contributed by atoms with E-state index in [0.29, 0.717) is 24.6 Å². The molecule has 138 valence electrons. The van der Waals surface area contributed by atoms with Crippen LogP contribution in [0, 0.1) is 5.41 Å². The van der Waals surface area contributed by atoms with Gasteiger partial charge in [0, 0.05) is 0 Å². The molecule has 0 saturated heterocycles. The Kier molecular flexibility index (Phi) is 16.9. The summed E-state index contributed by atoms with van der Waals surface area (Å²) in [4.78, 5) is 0. The summed E-state index contributed by atoms with van der Waals surface area (Å²) in [5, 5.41) is 4.50. The Morgan fingerprint density at radius 3 is 1.52 bits per heavy atom. The summed E-state index contributed by atoms with van der Waals surface area (Å²) in [5.74, 6) is 0. The van der Waals surface area contributed by atoms with E-state index >= 15 is 0 Å². The Balaban J connectivity index is 0.00000149.